The molecule has 1 nitrogen and oxygen atoms in total. The van der Waals surface area contributed by atoms with Gasteiger partial charge < -0.3 is 4.74 Å². The van der Waals surface area contributed by atoms with E-state index >= 15 is 0 Å². The van der Waals surface area contributed by atoms with Crippen LogP contribution in [0.2, 0.25) is 0 Å². The monoisotopic (exact) mass is 672 g/mol. The molecule has 0 fully saturated rings. The maximum Gasteiger partial charge on any atom is 0.135 e. The molecule has 246 valence electrons. The van der Waals surface area contributed by atoms with E-state index in [4.69, 9.17) is 4.74 Å². The van der Waals surface area contributed by atoms with Gasteiger partial charge in [-0.15, -0.1) is 0 Å². The third-order valence-electron chi connectivity index (χ3n) is 11.0. The first-order valence-electron chi connectivity index (χ1n) is 18.2. The Bertz CT molecular complexity index is 3070. The van der Waals surface area contributed by atoms with Gasteiger partial charge in [0.05, 0.1) is 0 Å². The Labute approximate surface area is 308 Å². The molecular formula is C52H32O. The molecule has 0 saturated heterocycles. The summed E-state index contributed by atoms with van der Waals surface area (Å²) in [6, 6.07) is 70.6. The van der Waals surface area contributed by atoms with E-state index in [-0.39, 0.29) is 0 Å². The zero-order valence-electron chi connectivity index (χ0n) is 28.9. The summed E-state index contributed by atoms with van der Waals surface area (Å²) in [6.07, 6.45) is 0. The van der Waals surface area contributed by atoms with Gasteiger partial charge in [-0.2, -0.15) is 0 Å². The molecule has 1 heterocycles. The van der Waals surface area contributed by atoms with Crippen molar-refractivity contribution in [2.75, 3.05) is 0 Å². The molecule has 0 amide bonds. The minimum Gasteiger partial charge on any atom is -0.456 e. The fraction of sp³-hybridized carbons (Fsp3) is 0. The van der Waals surface area contributed by atoms with Crippen LogP contribution in [0.5, 0.6) is 11.5 Å². The first kappa shape index (κ1) is 29.7. The summed E-state index contributed by atoms with van der Waals surface area (Å²) in [7, 11) is 0. The number of benzene rings is 10. The van der Waals surface area contributed by atoms with Crippen LogP contribution in [0.1, 0.15) is 0 Å². The second kappa shape index (κ2) is 11.8. The number of hydrogen-bond acceptors (Lipinski definition) is 1. The standard InChI is InChI=1S/C52H32O/c1-3-12-33(13-4-1)36-24-26-48-47(32-36)46-21-11-20-45-42(25-27-49(53-48)52(45)46)40-29-39(34-14-5-2-6-15-34)30-41(31-40)51-44-19-10-8-17-37(44)28-38-23-22-35-16-7-9-18-43(35)50(38)51/h1-32H. The molecule has 10 aromatic rings. The lowest BCUT2D eigenvalue weighted by Gasteiger charge is -2.23. The van der Waals surface area contributed by atoms with Crippen LogP contribution < -0.4 is 4.74 Å². The van der Waals surface area contributed by atoms with Crippen molar-refractivity contribution in [3.05, 3.63) is 194 Å². The maximum absolute atomic E-state index is 6.65. The van der Waals surface area contributed by atoms with Crippen LogP contribution in [0.3, 0.4) is 0 Å². The summed E-state index contributed by atoms with van der Waals surface area (Å²) in [5.74, 6) is 1.78. The second-order valence-corrected chi connectivity index (χ2v) is 14.0. The molecule has 0 unspecified atom stereocenters. The van der Waals surface area contributed by atoms with Crippen molar-refractivity contribution in [2.45, 2.75) is 0 Å². The third-order valence-corrected chi connectivity index (χ3v) is 11.0. The van der Waals surface area contributed by atoms with E-state index in [9.17, 15) is 0 Å². The van der Waals surface area contributed by atoms with Gasteiger partial charge in [-0.3, -0.25) is 0 Å². The lowest BCUT2D eigenvalue weighted by atomic mass is 9.85. The summed E-state index contributed by atoms with van der Waals surface area (Å²) < 4.78 is 6.65. The van der Waals surface area contributed by atoms with Crippen LogP contribution in [0, 0.1) is 0 Å². The van der Waals surface area contributed by atoms with Gasteiger partial charge in [0.2, 0.25) is 0 Å². The number of hydrogen-bond donors (Lipinski definition) is 0. The first-order valence-corrected chi connectivity index (χ1v) is 18.2. The SMILES string of the molecule is c1ccc(-c2cc(-c3ccc4c5c(cccc35)-c3cc(-c5ccccc5)ccc3O4)cc(-c3c4ccccc4cc4ccc5ccccc5c34)c2)cc1. The number of ether oxygens (including phenoxy) is 1. The summed E-state index contributed by atoms with van der Waals surface area (Å²) in [5, 5.41) is 9.87. The van der Waals surface area contributed by atoms with Crippen molar-refractivity contribution in [1.82, 2.24) is 0 Å². The Morgan fingerprint density at radius 2 is 0.906 bits per heavy atom. The largest absolute Gasteiger partial charge is 0.456 e. The molecule has 1 heteroatoms. The minimum absolute atomic E-state index is 0.890. The van der Waals surface area contributed by atoms with Crippen LogP contribution in [0.25, 0.3) is 98.7 Å². The smallest absolute Gasteiger partial charge is 0.135 e. The topological polar surface area (TPSA) is 9.23 Å². The number of fused-ring (bicyclic) bond motifs is 6. The molecule has 0 saturated carbocycles. The molecule has 1 aliphatic heterocycles. The normalized spacial score (nSPS) is 11.9. The lowest BCUT2D eigenvalue weighted by Crippen LogP contribution is -1.98. The molecule has 53 heavy (non-hydrogen) atoms. The highest BCUT2D eigenvalue weighted by atomic mass is 16.5. The van der Waals surface area contributed by atoms with Gasteiger partial charge in [0, 0.05) is 10.9 Å². The Kier molecular flexibility index (Phi) is 6.62. The minimum atomic E-state index is 0.890. The quantitative estimate of drug-likeness (QED) is 0.134. The summed E-state index contributed by atoms with van der Waals surface area (Å²) in [4.78, 5) is 0. The summed E-state index contributed by atoms with van der Waals surface area (Å²) in [5.41, 5.74) is 11.9. The van der Waals surface area contributed by atoms with Crippen molar-refractivity contribution in [1.29, 1.82) is 0 Å². The molecule has 0 bridgehead atoms. The van der Waals surface area contributed by atoms with Crippen LogP contribution in [0.15, 0.2) is 194 Å². The van der Waals surface area contributed by atoms with Crippen molar-refractivity contribution < 1.29 is 4.74 Å². The molecule has 1 aliphatic rings. The molecule has 10 aromatic carbocycles. The van der Waals surface area contributed by atoms with Gasteiger partial charge in [0.1, 0.15) is 11.5 Å². The van der Waals surface area contributed by atoms with E-state index in [2.05, 4.69) is 194 Å². The Morgan fingerprint density at radius 3 is 1.74 bits per heavy atom. The van der Waals surface area contributed by atoms with E-state index < -0.39 is 0 Å². The molecular weight excluding hydrogens is 641 g/mol. The molecule has 0 N–H and O–H groups in total. The maximum atomic E-state index is 6.65. The van der Waals surface area contributed by atoms with Crippen LogP contribution in [-0.2, 0) is 0 Å². The Hall–Kier alpha value is -6.96. The van der Waals surface area contributed by atoms with Gasteiger partial charge >= 0.3 is 0 Å². The zero-order chi connectivity index (χ0) is 34.9. The average Bonchev–Trinajstić information content (AvgIpc) is 3.23. The predicted octanol–water partition coefficient (Wildman–Crippen LogP) is 14.7. The van der Waals surface area contributed by atoms with Gasteiger partial charge in [-0.25, -0.2) is 0 Å². The van der Waals surface area contributed by atoms with E-state index in [0.717, 1.165) is 22.4 Å². The van der Waals surface area contributed by atoms with Gasteiger partial charge in [0.25, 0.3) is 0 Å². The summed E-state index contributed by atoms with van der Waals surface area (Å²) in [6.45, 7) is 0. The molecule has 0 aromatic heterocycles. The highest BCUT2D eigenvalue weighted by Crippen LogP contribution is 2.50. The Morgan fingerprint density at radius 1 is 0.264 bits per heavy atom. The fourth-order valence-corrected chi connectivity index (χ4v) is 8.56. The van der Waals surface area contributed by atoms with Gasteiger partial charge in [0.15, 0.2) is 0 Å². The number of rotatable bonds is 4. The zero-order valence-corrected chi connectivity index (χ0v) is 28.9. The van der Waals surface area contributed by atoms with E-state index in [0.29, 0.717) is 0 Å². The first-order chi connectivity index (χ1) is 26.3. The molecule has 0 aliphatic carbocycles. The van der Waals surface area contributed by atoms with Crippen LogP contribution in [0.4, 0.5) is 0 Å². The van der Waals surface area contributed by atoms with E-state index in [1.54, 1.807) is 0 Å². The summed E-state index contributed by atoms with van der Waals surface area (Å²) >= 11 is 0. The van der Waals surface area contributed by atoms with Gasteiger partial charge in [-0.05, 0) is 130 Å². The predicted molar refractivity (Wildman–Crippen MR) is 224 cm³/mol. The highest BCUT2D eigenvalue weighted by Gasteiger charge is 2.23. The van der Waals surface area contributed by atoms with Crippen LogP contribution >= 0.6 is 0 Å². The van der Waals surface area contributed by atoms with Crippen molar-refractivity contribution in [2.24, 2.45) is 0 Å². The Balaban J connectivity index is 1.19. The molecule has 0 spiro atoms. The molecule has 11 rings (SSSR count). The molecule has 0 atom stereocenters. The van der Waals surface area contributed by atoms with E-state index in [1.807, 2.05) is 0 Å². The van der Waals surface area contributed by atoms with Crippen molar-refractivity contribution >= 4 is 43.1 Å². The second-order valence-electron chi connectivity index (χ2n) is 14.0. The van der Waals surface area contributed by atoms with Crippen molar-refractivity contribution in [3.8, 4) is 67.1 Å². The van der Waals surface area contributed by atoms with Crippen LogP contribution in [-0.4, -0.2) is 0 Å². The fourth-order valence-electron chi connectivity index (χ4n) is 8.56. The lowest BCUT2D eigenvalue weighted by molar-refractivity contribution is 0.487. The van der Waals surface area contributed by atoms with E-state index in [1.165, 1.54) is 87.8 Å². The van der Waals surface area contributed by atoms with Crippen molar-refractivity contribution in [3.63, 3.8) is 0 Å². The highest BCUT2D eigenvalue weighted by molar-refractivity contribution is 6.22. The molecule has 0 radical (unpaired) electrons. The third kappa shape index (κ3) is 4.79. The van der Waals surface area contributed by atoms with Gasteiger partial charge in [-0.1, -0.05) is 152 Å². The average molecular weight is 673 g/mol.